The van der Waals surface area contributed by atoms with Crippen LogP contribution in [-0.2, 0) is 16.0 Å². The summed E-state index contributed by atoms with van der Waals surface area (Å²) in [5.74, 6) is -0.464. The maximum absolute atomic E-state index is 10.9. The Morgan fingerprint density at radius 2 is 2.11 bits per heavy atom. The van der Waals surface area contributed by atoms with E-state index < -0.39 is 12.1 Å². The molecule has 1 aromatic carbocycles. The summed E-state index contributed by atoms with van der Waals surface area (Å²) in [6, 6.07) is 7.22. The van der Waals surface area contributed by atoms with Gasteiger partial charge in [-0.1, -0.05) is 18.2 Å². The number of carboxylic acid groups (broad SMARTS) is 1. The van der Waals surface area contributed by atoms with Crippen LogP contribution in [0.5, 0.6) is 5.75 Å². The molecule has 0 aliphatic carbocycles. The lowest BCUT2D eigenvalue weighted by Crippen LogP contribution is -2.30. The van der Waals surface area contributed by atoms with Crippen molar-refractivity contribution in [3.63, 3.8) is 0 Å². The van der Waals surface area contributed by atoms with Crippen LogP contribution in [-0.4, -0.2) is 42.1 Å². The Morgan fingerprint density at radius 1 is 1.39 bits per heavy atom. The fourth-order valence-corrected chi connectivity index (χ4v) is 1.53. The van der Waals surface area contributed by atoms with Gasteiger partial charge in [0.15, 0.2) is 6.10 Å². The summed E-state index contributed by atoms with van der Waals surface area (Å²) in [6.45, 7) is 2.02. The van der Waals surface area contributed by atoms with Gasteiger partial charge >= 0.3 is 5.97 Å². The molecule has 0 fully saturated rings. The second-order valence-electron chi connectivity index (χ2n) is 3.67. The number of ether oxygens (including phenoxy) is 2. The molecule has 0 aliphatic heterocycles. The van der Waals surface area contributed by atoms with Crippen molar-refractivity contribution in [3.8, 4) is 5.75 Å². The third kappa shape index (κ3) is 4.35. The Bertz CT molecular complexity index is 377. The fourth-order valence-electron chi connectivity index (χ4n) is 1.53. The lowest BCUT2D eigenvalue weighted by Gasteiger charge is -2.15. The molecule has 0 aliphatic rings. The molecule has 0 heterocycles. The summed E-state index contributed by atoms with van der Waals surface area (Å²) < 4.78 is 10.5. The summed E-state index contributed by atoms with van der Waals surface area (Å²) in [7, 11) is 0. The third-order valence-corrected chi connectivity index (χ3v) is 2.39. The van der Waals surface area contributed by atoms with Crippen LogP contribution in [0.3, 0.4) is 0 Å². The zero-order valence-corrected chi connectivity index (χ0v) is 10.3. The van der Waals surface area contributed by atoms with Gasteiger partial charge in [0.1, 0.15) is 12.4 Å². The molecule has 0 spiro atoms. The first kappa shape index (κ1) is 14.5. The van der Waals surface area contributed by atoms with E-state index in [0.717, 1.165) is 5.56 Å². The monoisotopic (exact) mass is 254 g/mol. The molecule has 0 radical (unpaired) electrons. The average molecular weight is 254 g/mol. The van der Waals surface area contributed by atoms with E-state index in [0.29, 0.717) is 18.8 Å². The number of rotatable bonds is 8. The van der Waals surface area contributed by atoms with Gasteiger partial charge in [-0.05, 0) is 25.0 Å². The van der Waals surface area contributed by atoms with Gasteiger partial charge in [0.25, 0.3) is 0 Å². The van der Waals surface area contributed by atoms with Gasteiger partial charge in [-0.3, -0.25) is 0 Å². The molecule has 1 aromatic rings. The molecule has 0 saturated carbocycles. The highest BCUT2D eigenvalue weighted by Crippen LogP contribution is 2.18. The normalized spacial score (nSPS) is 12.1. The minimum absolute atomic E-state index is 0.0220. The van der Waals surface area contributed by atoms with Crippen LogP contribution < -0.4 is 4.74 Å². The summed E-state index contributed by atoms with van der Waals surface area (Å²) in [5.41, 5.74) is 0.848. The highest BCUT2D eigenvalue weighted by molar-refractivity contribution is 5.72. The first-order valence-corrected chi connectivity index (χ1v) is 5.85. The van der Waals surface area contributed by atoms with Crippen LogP contribution in [0.2, 0.25) is 0 Å². The number of aliphatic hydroxyl groups excluding tert-OH is 1. The zero-order valence-electron chi connectivity index (χ0n) is 10.3. The zero-order chi connectivity index (χ0) is 13.4. The molecule has 5 heteroatoms. The van der Waals surface area contributed by atoms with Gasteiger partial charge in [0, 0.05) is 13.2 Å². The van der Waals surface area contributed by atoms with Crippen LogP contribution in [0.4, 0.5) is 0 Å². The topological polar surface area (TPSA) is 76.0 Å². The van der Waals surface area contributed by atoms with Crippen molar-refractivity contribution in [2.45, 2.75) is 19.4 Å². The lowest BCUT2D eigenvalue weighted by atomic mass is 10.1. The largest absolute Gasteiger partial charge is 0.490 e. The Hall–Kier alpha value is -1.59. The summed E-state index contributed by atoms with van der Waals surface area (Å²) in [6.07, 6.45) is -0.500. The molecular formula is C13H18O5. The van der Waals surface area contributed by atoms with Crippen molar-refractivity contribution >= 4 is 5.97 Å². The molecule has 0 bridgehead atoms. The fraction of sp³-hybridized carbons (Fsp3) is 0.462. The number of aliphatic hydroxyl groups is 1. The summed E-state index contributed by atoms with van der Waals surface area (Å²) >= 11 is 0. The van der Waals surface area contributed by atoms with Crippen molar-refractivity contribution in [1.29, 1.82) is 0 Å². The molecule has 0 aromatic heterocycles. The summed E-state index contributed by atoms with van der Waals surface area (Å²) in [4.78, 5) is 10.9. The lowest BCUT2D eigenvalue weighted by molar-refractivity contribution is -0.152. The smallest absolute Gasteiger partial charge is 0.336 e. The molecule has 1 atom stereocenters. The standard InChI is InChI=1S/C13H18O5/c1-2-17-12(13(15)16)9-18-11-6-4-3-5-10(11)7-8-14/h3-6,12,14H,2,7-9H2,1H3,(H,15,16). The molecule has 0 saturated heterocycles. The van der Waals surface area contributed by atoms with E-state index in [1.165, 1.54) is 0 Å². The molecule has 18 heavy (non-hydrogen) atoms. The number of carboxylic acids is 1. The van der Waals surface area contributed by atoms with E-state index in [4.69, 9.17) is 19.7 Å². The third-order valence-electron chi connectivity index (χ3n) is 2.39. The maximum atomic E-state index is 10.9. The van der Waals surface area contributed by atoms with Gasteiger partial charge < -0.3 is 19.7 Å². The van der Waals surface area contributed by atoms with E-state index in [9.17, 15) is 4.79 Å². The summed E-state index contributed by atoms with van der Waals surface area (Å²) in [5, 5.41) is 17.8. The van der Waals surface area contributed by atoms with Gasteiger partial charge in [0.05, 0.1) is 0 Å². The van der Waals surface area contributed by atoms with E-state index in [1.54, 1.807) is 19.1 Å². The maximum Gasteiger partial charge on any atom is 0.336 e. The van der Waals surface area contributed by atoms with E-state index in [-0.39, 0.29) is 13.2 Å². The van der Waals surface area contributed by atoms with Crippen LogP contribution in [0.15, 0.2) is 24.3 Å². The second kappa shape index (κ2) is 7.68. The van der Waals surface area contributed by atoms with Crippen LogP contribution >= 0.6 is 0 Å². The molecule has 2 N–H and O–H groups in total. The second-order valence-corrected chi connectivity index (χ2v) is 3.67. The van der Waals surface area contributed by atoms with Gasteiger partial charge in [-0.2, -0.15) is 0 Å². The predicted octanol–water partition coefficient (Wildman–Crippen LogP) is 1.09. The minimum atomic E-state index is -1.04. The predicted molar refractivity (Wildman–Crippen MR) is 65.8 cm³/mol. The van der Waals surface area contributed by atoms with E-state index >= 15 is 0 Å². The van der Waals surface area contributed by atoms with Crippen LogP contribution in [0.1, 0.15) is 12.5 Å². The Labute approximate surface area is 106 Å². The van der Waals surface area contributed by atoms with Gasteiger partial charge in [-0.15, -0.1) is 0 Å². The molecule has 1 unspecified atom stereocenters. The van der Waals surface area contributed by atoms with Gasteiger partial charge in [-0.25, -0.2) is 4.79 Å². The van der Waals surface area contributed by atoms with Crippen molar-refractivity contribution in [3.05, 3.63) is 29.8 Å². The van der Waals surface area contributed by atoms with Crippen molar-refractivity contribution in [2.75, 3.05) is 19.8 Å². The minimum Gasteiger partial charge on any atom is -0.490 e. The highest BCUT2D eigenvalue weighted by Gasteiger charge is 2.18. The molecule has 5 nitrogen and oxygen atoms in total. The first-order chi connectivity index (χ1) is 8.69. The number of carbonyl (C=O) groups is 1. The van der Waals surface area contributed by atoms with E-state index in [2.05, 4.69) is 0 Å². The number of hydrogen-bond donors (Lipinski definition) is 2. The Kier molecular flexibility index (Phi) is 6.18. The van der Waals surface area contributed by atoms with Crippen LogP contribution in [0.25, 0.3) is 0 Å². The number of hydrogen-bond acceptors (Lipinski definition) is 4. The number of benzene rings is 1. The Morgan fingerprint density at radius 3 is 2.72 bits per heavy atom. The quantitative estimate of drug-likeness (QED) is 0.726. The Balaban J connectivity index is 2.63. The van der Waals surface area contributed by atoms with Crippen LogP contribution in [0, 0.1) is 0 Å². The average Bonchev–Trinajstić information content (AvgIpc) is 2.36. The van der Waals surface area contributed by atoms with Crippen molar-refractivity contribution in [2.24, 2.45) is 0 Å². The molecule has 0 amide bonds. The van der Waals surface area contributed by atoms with Crippen molar-refractivity contribution in [1.82, 2.24) is 0 Å². The molecule has 100 valence electrons. The number of para-hydroxylation sites is 1. The van der Waals surface area contributed by atoms with Crippen molar-refractivity contribution < 1.29 is 24.5 Å². The van der Waals surface area contributed by atoms with Gasteiger partial charge in [0.2, 0.25) is 0 Å². The highest BCUT2D eigenvalue weighted by atomic mass is 16.5. The first-order valence-electron chi connectivity index (χ1n) is 5.85. The number of aliphatic carboxylic acids is 1. The van der Waals surface area contributed by atoms with E-state index in [1.807, 2.05) is 12.1 Å². The molecule has 1 rings (SSSR count). The molecular weight excluding hydrogens is 236 g/mol. The SMILES string of the molecule is CCOC(COc1ccccc1CCO)C(=O)O.